The molecule has 1 N–H and O–H groups in total. The molecular weight excluding hydrogens is 249 g/mol. The van der Waals surface area contributed by atoms with Gasteiger partial charge in [-0.3, -0.25) is 0 Å². The van der Waals surface area contributed by atoms with Crippen LogP contribution in [-0.4, -0.2) is 0 Å². The SMILES string of the molecule is C[C@@H](NC1CCCc2ccccc21)c1cccc(F)c1. The van der Waals surface area contributed by atoms with E-state index < -0.39 is 0 Å². The normalized spacial score (nSPS) is 19.4. The van der Waals surface area contributed by atoms with Crippen molar-refractivity contribution in [2.24, 2.45) is 0 Å². The van der Waals surface area contributed by atoms with Gasteiger partial charge < -0.3 is 5.32 Å². The fourth-order valence-electron chi connectivity index (χ4n) is 3.10. The van der Waals surface area contributed by atoms with Gasteiger partial charge in [-0.05, 0) is 55.0 Å². The van der Waals surface area contributed by atoms with Crippen molar-refractivity contribution in [3.8, 4) is 0 Å². The van der Waals surface area contributed by atoms with Crippen molar-refractivity contribution in [2.45, 2.75) is 38.3 Å². The van der Waals surface area contributed by atoms with Crippen LogP contribution in [0.3, 0.4) is 0 Å². The molecule has 0 saturated carbocycles. The van der Waals surface area contributed by atoms with Crippen LogP contribution in [-0.2, 0) is 6.42 Å². The van der Waals surface area contributed by atoms with Gasteiger partial charge in [-0.1, -0.05) is 36.4 Å². The fraction of sp³-hybridized carbons (Fsp3) is 0.333. The van der Waals surface area contributed by atoms with Gasteiger partial charge in [0.25, 0.3) is 0 Å². The summed E-state index contributed by atoms with van der Waals surface area (Å²) < 4.78 is 13.3. The van der Waals surface area contributed by atoms with E-state index in [2.05, 4.69) is 36.5 Å². The molecule has 2 atom stereocenters. The molecule has 1 unspecified atom stereocenters. The van der Waals surface area contributed by atoms with Crippen molar-refractivity contribution in [3.05, 3.63) is 71.0 Å². The predicted molar refractivity (Wildman–Crippen MR) is 80.1 cm³/mol. The van der Waals surface area contributed by atoms with E-state index >= 15 is 0 Å². The number of fused-ring (bicyclic) bond motifs is 1. The highest BCUT2D eigenvalue weighted by Crippen LogP contribution is 2.31. The van der Waals surface area contributed by atoms with Gasteiger partial charge in [0, 0.05) is 12.1 Å². The van der Waals surface area contributed by atoms with E-state index in [1.54, 1.807) is 12.1 Å². The van der Waals surface area contributed by atoms with Crippen LogP contribution in [0, 0.1) is 5.82 Å². The average Bonchev–Trinajstić information content (AvgIpc) is 2.47. The molecule has 1 aliphatic carbocycles. The van der Waals surface area contributed by atoms with Crippen molar-refractivity contribution in [2.75, 3.05) is 0 Å². The largest absolute Gasteiger partial charge is 0.303 e. The summed E-state index contributed by atoms with van der Waals surface area (Å²) in [5, 5.41) is 3.65. The number of halogens is 1. The maximum Gasteiger partial charge on any atom is 0.123 e. The van der Waals surface area contributed by atoms with Gasteiger partial charge in [0.15, 0.2) is 0 Å². The zero-order chi connectivity index (χ0) is 13.9. The van der Waals surface area contributed by atoms with Crippen molar-refractivity contribution < 1.29 is 4.39 Å². The second-order valence-electron chi connectivity index (χ2n) is 5.59. The Morgan fingerprint density at radius 3 is 2.85 bits per heavy atom. The van der Waals surface area contributed by atoms with E-state index in [4.69, 9.17) is 0 Å². The van der Waals surface area contributed by atoms with Crippen LogP contribution in [0.2, 0.25) is 0 Å². The number of nitrogens with one attached hydrogen (secondary N) is 1. The summed E-state index contributed by atoms with van der Waals surface area (Å²) >= 11 is 0. The molecule has 2 aromatic rings. The Morgan fingerprint density at radius 2 is 2.00 bits per heavy atom. The smallest absolute Gasteiger partial charge is 0.123 e. The maximum absolute atomic E-state index is 13.3. The van der Waals surface area contributed by atoms with Crippen LogP contribution in [0.5, 0.6) is 0 Å². The molecule has 0 aliphatic heterocycles. The average molecular weight is 269 g/mol. The second-order valence-corrected chi connectivity index (χ2v) is 5.59. The molecular formula is C18H20FN. The fourth-order valence-corrected chi connectivity index (χ4v) is 3.10. The lowest BCUT2D eigenvalue weighted by Gasteiger charge is -2.29. The molecule has 0 bridgehead atoms. The molecule has 0 spiro atoms. The molecule has 3 rings (SSSR count). The minimum Gasteiger partial charge on any atom is -0.303 e. The zero-order valence-electron chi connectivity index (χ0n) is 11.8. The topological polar surface area (TPSA) is 12.0 Å². The van der Waals surface area contributed by atoms with Crippen LogP contribution < -0.4 is 5.32 Å². The van der Waals surface area contributed by atoms with Crippen LogP contribution in [0.25, 0.3) is 0 Å². The Bertz CT molecular complexity index is 593. The van der Waals surface area contributed by atoms with E-state index in [0.717, 1.165) is 12.0 Å². The molecule has 0 aromatic heterocycles. The summed E-state index contributed by atoms with van der Waals surface area (Å²) in [5.41, 5.74) is 3.86. The summed E-state index contributed by atoms with van der Waals surface area (Å²) in [6.45, 7) is 2.10. The number of rotatable bonds is 3. The first-order chi connectivity index (χ1) is 9.74. The van der Waals surface area contributed by atoms with Crippen LogP contribution in [0.1, 0.15) is 48.5 Å². The molecule has 1 aliphatic rings. The van der Waals surface area contributed by atoms with Gasteiger partial charge in [0.05, 0.1) is 0 Å². The molecule has 0 fully saturated rings. The molecule has 0 heterocycles. The third-order valence-electron chi connectivity index (χ3n) is 4.17. The monoisotopic (exact) mass is 269 g/mol. The Hall–Kier alpha value is -1.67. The standard InChI is InChI=1S/C18H20FN/c1-13(15-8-4-9-16(19)12-15)20-18-11-5-7-14-6-2-3-10-17(14)18/h2-4,6,8-10,12-13,18,20H,5,7,11H2,1H3/t13-,18?/m1/s1. The Morgan fingerprint density at radius 1 is 1.15 bits per heavy atom. The van der Waals surface area contributed by atoms with Gasteiger partial charge in [-0.15, -0.1) is 0 Å². The van der Waals surface area contributed by atoms with E-state index in [-0.39, 0.29) is 11.9 Å². The quantitative estimate of drug-likeness (QED) is 0.861. The minimum atomic E-state index is -0.166. The van der Waals surface area contributed by atoms with E-state index in [1.165, 1.54) is 30.0 Å². The Labute approximate surface area is 119 Å². The summed E-state index contributed by atoms with van der Waals surface area (Å²) in [6.07, 6.45) is 3.53. The lowest BCUT2D eigenvalue weighted by Crippen LogP contribution is -2.27. The van der Waals surface area contributed by atoms with Crippen LogP contribution in [0.15, 0.2) is 48.5 Å². The summed E-state index contributed by atoms with van der Waals surface area (Å²) in [5.74, 6) is -0.166. The highest BCUT2D eigenvalue weighted by atomic mass is 19.1. The number of benzene rings is 2. The summed E-state index contributed by atoms with van der Waals surface area (Å²) in [4.78, 5) is 0. The predicted octanol–water partition coefficient (Wildman–Crippen LogP) is 4.55. The zero-order valence-corrected chi connectivity index (χ0v) is 11.8. The number of hydrogen-bond acceptors (Lipinski definition) is 1. The highest BCUT2D eigenvalue weighted by molar-refractivity contribution is 5.32. The Kier molecular flexibility index (Phi) is 3.83. The number of hydrogen-bond donors (Lipinski definition) is 1. The van der Waals surface area contributed by atoms with Crippen molar-refractivity contribution in [1.29, 1.82) is 0 Å². The molecule has 2 aromatic carbocycles. The first kappa shape index (κ1) is 13.3. The second kappa shape index (κ2) is 5.76. The molecule has 104 valence electrons. The highest BCUT2D eigenvalue weighted by Gasteiger charge is 2.21. The van der Waals surface area contributed by atoms with Crippen molar-refractivity contribution in [3.63, 3.8) is 0 Å². The summed E-state index contributed by atoms with van der Waals surface area (Å²) in [6, 6.07) is 16.0. The van der Waals surface area contributed by atoms with Crippen molar-refractivity contribution in [1.82, 2.24) is 5.32 Å². The third kappa shape index (κ3) is 2.75. The van der Waals surface area contributed by atoms with E-state index in [9.17, 15) is 4.39 Å². The van der Waals surface area contributed by atoms with Gasteiger partial charge in [-0.2, -0.15) is 0 Å². The third-order valence-corrected chi connectivity index (χ3v) is 4.17. The molecule has 0 saturated heterocycles. The first-order valence-corrected chi connectivity index (χ1v) is 7.33. The molecule has 0 amide bonds. The first-order valence-electron chi connectivity index (χ1n) is 7.33. The van der Waals surface area contributed by atoms with Gasteiger partial charge in [0.2, 0.25) is 0 Å². The van der Waals surface area contributed by atoms with Gasteiger partial charge in [0.1, 0.15) is 5.82 Å². The van der Waals surface area contributed by atoms with Gasteiger partial charge >= 0.3 is 0 Å². The molecule has 1 nitrogen and oxygen atoms in total. The molecule has 20 heavy (non-hydrogen) atoms. The Balaban J connectivity index is 1.79. The van der Waals surface area contributed by atoms with E-state index in [1.807, 2.05) is 6.07 Å². The van der Waals surface area contributed by atoms with Gasteiger partial charge in [-0.25, -0.2) is 4.39 Å². The van der Waals surface area contributed by atoms with Crippen molar-refractivity contribution >= 4 is 0 Å². The number of aryl methyl sites for hydroxylation is 1. The van der Waals surface area contributed by atoms with Crippen LogP contribution in [0.4, 0.5) is 4.39 Å². The molecule has 0 radical (unpaired) electrons. The maximum atomic E-state index is 13.3. The summed E-state index contributed by atoms with van der Waals surface area (Å²) in [7, 11) is 0. The lowest BCUT2D eigenvalue weighted by molar-refractivity contribution is 0.414. The minimum absolute atomic E-state index is 0.154. The lowest BCUT2D eigenvalue weighted by atomic mass is 9.87. The van der Waals surface area contributed by atoms with E-state index in [0.29, 0.717) is 6.04 Å². The van der Waals surface area contributed by atoms with Crippen LogP contribution >= 0.6 is 0 Å². The molecule has 2 heteroatoms.